The maximum Gasteiger partial charge on any atom is 0.271 e. The molecule has 0 atom stereocenters. The van der Waals surface area contributed by atoms with Gasteiger partial charge in [0, 0.05) is 18.7 Å². The minimum absolute atomic E-state index is 0.180. The van der Waals surface area contributed by atoms with Crippen molar-refractivity contribution in [3.05, 3.63) is 102 Å². The third-order valence-electron chi connectivity index (χ3n) is 5.51. The molecule has 2 amide bonds. The molecule has 2 heterocycles. The van der Waals surface area contributed by atoms with Crippen LogP contribution < -0.4 is 5.32 Å². The molecule has 1 aliphatic rings. The molecule has 176 valence electrons. The van der Waals surface area contributed by atoms with E-state index in [1.165, 1.54) is 11.8 Å². The van der Waals surface area contributed by atoms with Gasteiger partial charge in [0.05, 0.1) is 18.1 Å². The van der Waals surface area contributed by atoms with Crippen molar-refractivity contribution in [1.29, 1.82) is 0 Å². The Morgan fingerprint density at radius 3 is 2.14 bits per heavy atom. The molecule has 0 spiro atoms. The molecule has 1 saturated heterocycles. The van der Waals surface area contributed by atoms with Crippen LogP contribution in [0.5, 0.6) is 0 Å². The summed E-state index contributed by atoms with van der Waals surface area (Å²) < 4.78 is 11.4. The van der Waals surface area contributed by atoms with Crippen molar-refractivity contribution in [2.24, 2.45) is 0 Å². The Balaban J connectivity index is 1.61. The van der Waals surface area contributed by atoms with Crippen LogP contribution in [0.2, 0.25) is 0 Å². The number of carbonyl (C=O) groups excluding carboxylic acids is 2. The fourth-order valence-corrected chi connectivity index (χ4v) is 4.68. The summed E-state index contributed by atoms with van der Waals surface area (Å²) in [5.41, 5.74) is 2.77. The van der Waals surface area contributed by atoms with E-state index in [1.807, 2.05) is 60.7 Å². The Hall–Kier alpha value is -3.88. The number of morpholine rings is 1. The van der Waals surface area contributed by atoms with Crippen LogP contribution in [-0.2, 0) is 9.53 Å². The van der Waals surface area contributed by atoms with E-state index in [4.69, 9.17) is 9.15 Å². The zero-order valence-corrected chi connectivity index (χ0v) is 19.7. The standard InChI is InChI=1S/C27H23N3O4S/c31-25(20-11-5-2-6-12-20)29-23(26(32)30-15-17-33-18-16-30)24(19-9-3-1-4-10-19)35-27-28-21-13-7-8-14-22(21)34-27/h1-14H,15-18H2,(H,29,31). The monoisotopic (exact) mass is 485 g/mol. The molecule has 1 N–H and O–H groups in total. The fourth-order valence-electron chi connectivity index (χ4n) is 3.73. The number of aromatic nitrogens is 1. The Kier molecular flexibility index (Phi) is 6.92. The summed E-state index contributed by atoms with van der Waals surface area (Å²) in [5.74, 6) is -0.645. The molecule has 1 fully saturated rings. The third kappa shape index (κ3) is 5.29. The van der Waals surface area contributed by atoms with Gasteiger partial charge in [0.25, 0.3) is 17.0 Å². The van der Waals surface area contributed by atoms with Gasteiger partial charge in [-0.1, -0.05) is 60.7 Å². The zero-order chi connectivity index (χ0) is 24.0. The summed E-state index contributed by atoms with van der Waals surface area (Å²) in [7, 11) is 0. The van der Waals surface area contributed by atoms with Gasteiger partial charge >= 0.3 is 0 Å². The molecule has 4 aromatic rings. The Morgan fingerprint density at radius 1 is 0.829 bits per heavy atom. The highest BCUT2D eigenvalue weighted by Gasteiger charge is 2.28. The average molecular weight is 486 g/mol. The summed E-state index contributed by atoms with van der Waals surface area (Å²) in [5, 5.41) is 3.28. The van der Waals surface area contributed by atoms with E-state index in [-0.39, 0.29) is 17.5 Å². The van der Waals surface area contributed by atoms with E-state index in [1.54, 1.807) is 29.2 Å². The van der Waals surface area contributed by atoms with E-state index in [0.29, 0.717) is 47.6 Å². The molecule has 0 bridgehead atoms. The van der Waals surface area contributed by atoms with Gasteiger partial charge in [-0.2, -0.15) is 0 Å². The number of rotatable bonds is 6. The van der Waals surface area contributed by atoms with Crippen LogP contribution in [0.15, 0.2) is 100 Å². The van der Waals surface area contributed by atoms with E-state index in [2.05, 4.69) is 10.3 Å². The van der Waals surface area contributed by atoms with Gasteiger partial charge in [-0.3, -0.25) is 9.59 Å². The first-order chi connectivity index (χ1) is 17.2. The lowest BCUT2D eigenvalue weighted by molar-refractivity contribution is -0.131. The minimum Gasteiger partial charge on any atom is -0.431 e. The predicted molar refractivity (Wildman–Crippen MR) is 135 cm³/mol. The molecule has 0 radical (unpaired) electrons. The van der Waals surface area contributed by atoms with Crippen LogP contribution in [0, 0.1) is 0 Å². The molecular weight excluding hydrogens is 462 g/mol. The predicted octanol–water partition coefficient (Wildman–Crippen LogP) is 4.58. The molecule has 8 heteroatoms. The second kappa shape index (κ2) is 10.6. The lowest BCUT2D eigenvalue weighted by atomic mass is 10.1. The Bertz CT molecular complexity index is 1330. The van der Waals surface area contributed by atoms with Crippen LogP contribution in [0.1, 0.15) is 15.9 Å². The number of nitrogens with zero attached hydrogens (tertiary/aromatic N) is 2. The molecule has 3 aromatic carbocycles. The quantitative estimate of drug-likeness (QED) is 0.318. The highest BCUT2D eigenvalue weighted by atomic mass is 32.2. The van der Waals surface area contributed by atoms with Crippen molar-refractivity contribution in [3.63, 3.8) is 0 Å². The van der Waals surface area contributed by atoms with Gasteiger partial charge in [0.2, 0.25) is 0 Å². The lowest BCUT2D eigenvalue weighted by Crippen LogP contribution is -2.44. The second-order valence-electron chi connectivity index (χ2n) is 7.84. The first-order valence-corrected chi connectivity index (χ1v) is 12.1. The largest absolute Gasteiger partial charge is 0.431 e. The van der Waals surface area contributed by atoms with Gasteiger partial charge in [-0.15, -0.1) is 0 Å². The number of oxazole rings is 1. The number of hydrogen-bond donors (Lipinski definition) is 1. The van der Waals surface area contributed by atoms with Crippen molar-refractivity contribution in [1.82, 2.24) is 15.2 Å². The number of benzene rings is 3. The van der Waals surface area contributed by atoms with Crippen molar-refractivity contribution in [2.75, 3.05) is 26.3 Å². The first kappa shape index (κ1) is 22.9. The number of carbonyl (C=O) groups is 2. The smallest absolute Gasteiger partial charge is 0.271 e. The molecule has 1 aromatic heterocycles. The Labute approximate surface area is 206 Å². The van der Waals surface area contributed by atoms with Crippen LogP contribution >= 0.6 is 11.8 Å². The van der Waals surface area contributed by atoms with E-state index < -0.39 is 0 Å². The number of hydrogen-bond acceptors (Lipinski definition) is 6. The van der Waals surface area contributed by atoms with Crippen molar-refractivity contribution < 1.29 is 18.7 Å². The van der Waals surface area contributed by atoms with Crippen molar-refractivity contribution in [2.45, 2.75) is 5.22 Å². The van der Waals surface area contributed by atoms with Gasteiger partial charge in [0.1, 0.15) is 11.2 Å². The van der Waals surface area contributed by atoms with Gasteiger partial charge < -0.3 is 19.4 Å². The zero-order valence-electron chi connectivity index (χ0n) is 18.8. The highest BCUT2D eigenvalue weighted by Crippen LogP contribution is 2.37. The van der Waals surface area contributed by atoms with Crippen molar-refractivity contribution in [3.8, 4) is 0 Å². The van der Waals surface area contributed by atoms with Crippen molar-refractivity contribution >= 4 is 39.6 Å². The topological polar surface area (TPSA) is 84.7 Å². The number of thioether (sulfide) groups is 1. The van der Waals surface area contributed by atoms with Gasteiger partial charge in [0.15, 0.2) is 5.58 Å². The summed E-state index contributed by atoms with van der Waals surface area (Å²) in [6, 6.07) is 25.8. The van der Waals surface area contributed by atoms with E-state index >= 15 is 0 Å². The molecule has 0 aliphatic carbocycles. The van der Waals surface area contributed by atoms with Crippen LogP contribution in [-0.4, -0.2) is 48.0 Å². The fraction of sp³-hybridized carbons (Fsp3) is 0.148. The summed E-state index contributed by atoms with van der Waals surface area (Å²) in [6.45, 7) is 1.79. The van der Waals surface area contributed by atoms with Crippen LogP contribution in [0.4, 0.5) is 0 Å². The highest BCUT2D eigenvalue weighted by molar-refractivity contribution is 8.08. The third-order valence-corrected chi connectivity index (χ3v) is 6.51. The number of nitrogens with one attached hydrogen (secondary N) is 1. The maximum atomic E-state index is 13.8. The van der Waals surface area contributed by atoms with Crippen LogP contribution in [0.25, 0.3) is 16.0 Å². The average Bonchev–Trinajstić information content (AvgIpc) is 3.34. The molecule has 0 saturated carbocycles. The van der Waals surface area contributed by atoms with E-state index in [0.717, 1.165) is 11.1 Å². The summed E-state index contributed by atoms with van der Waals surface area (Å²) in [4.78, 5) is 33.8. The number of amides is 2. The van der Waals surface area contributed by atoms with Gasteiger partial charge in [-0.05, 0) is 41.6 Å². The molecule has 1 aliphatic heterocycles. The van der Waals surface area contributed by atoms with E-state index in [9.17, 15) is 9.59 Å². The first-order valence-electron chi connectivity index (χ1n) is 11.3. The molecule has 0 unspecified atom stereocenters. The van der Waals surface area contributed by atoms with Gasteiger partial charge in [-0.25, -0.2) is 4.98 Å². The van der Waals surface area contributed by atoms with Crippen LogP contribution in [0.3, 0.4) is 0 Å². The normalized spacial score (nSPS) is 14.5. The molecular formula is C27H23N3O4S. The molecule has 7 nitrogen and oxygen atoms in total. The summed E-state index contributed by atoms with van der Waals surface area (Å²) >= 11 is 1.21. The maximum absolute atomic E-state index is 13.8. The number of fused-ring (bicyclic) bond motifs is 1. The lowest BCUT2D eigenvalue weighted by Gasteiger charge is -2.28. The molecule has 5 rings (SSSR count). The number of ether oxygens (including phenoxy) is 1. The number of para-hydroxylation sites is 2. The SMILES string of the molecule is O=C(NC(C(=O)N1CCOCC1)=C(Sc1nc2ccccc2o1)c1ccccc1)c1ccccc1. The summed E-state index contributed by atoms with van der Waals surface area (Å²) in [6.07, 6.45) is 0. The molecule has 35 heavy (non-hydrogen) atoms. The minimum atomic E-state index is -0.367. The second-order valence-corrected chi connectivity index (χ2v) is 8.81. The Morgan fingerprint density at radius 2 is 1.46 bits per heavy atom.